The second kappa shape index (κ2) is 11.2. The summed E-state index contributed by atoms with van der Waals surface area (Å²) in [5.41, 5.74) is 0. The van der Waals surface area contributed by atoms with E-state index in [0.717, 1.165) is 0 Å². The summed E-state index contributed by atoms with van der Waals surface area (Å²) in [6, 6.07) is 43.0. The summed E-state index contributed by atoms with van der Waals surface area (Å²) in [5.74, 6) is 0. The molecule has 0 atom stereocenters. The van der Waals surface area contributed by atoms with Crippen LogP contribution in [0.1, 0.15) is 0 Å². The summed E-state index contributed by atoms with van der Waals surface area (Å²) in [4.78, 5) is 5.76. The first-order valence-electron chi connectivity index (χ1n) is 10.1. The van der Waals surface area contributed by atoms with Gasteiger partial charge in [-0.05, 0) is 93.1 Å². The van der Waals surface area contributed by atoms with E-state index in [2.05, 4.69) is 146 Å². The Balaban J connectivity index is 0.000000213. The quantitative estimate of drug-likeness (QED) is 0.308. The lowest BCUT2D eigenvalue weighted by Crippen LogP contribution is -1.96. The molecule has 0 unspecified atom stereocenters. The Bertz CT molecular complexity index is 846. The molecule has 4 aromatic rings. The highest BCUT2D eigenvalue weighted by atomic mass is 32.3. The predicted octanol–water partition coefficient (Wildman–Crippen LogP) is 7.51. The van der Waals surface area contributed by atoms with E-state index in [-0.39, 0.29) is 5.48 Å². The van der Waals surface area contributed by atoms with Crippen LogP contribution in [0.15, 0.2) is 141 Å². The van der Waals surface area contributed by atoms with Crippen molar-refractivity contribution in [2.75, 3.05) is 25.0 Å². The highest BCUT2D eigenvalue weighted by Crippen LogP contribution is 2.56. The molecule has 164 valence electrons. The molecule has 0 amide bonds. The SMILES string of the molecule is CS(C)(c1ccccc1)c1ccccc1.CS(C)(c1ccccc1)c1ccccc1.O. The van der Waals surface area contributed by atoms with Gasteiger partial charge in [0.25, 0.3) is 0 Å². The first-order chi connectivity index (χ1) is 14.4. The topological polar surface area (TPSA) is 31.5 Å². The molecule has 0 saturated carbocycles. The Labute approximate surface area is 191 Å². The first-order valence-corrected chi connectivity index (χ1v) is 15.0. The molecule has 0 bridgehead atoms. The Hall–Kier alpha value is -2.46. The van der Waals surface area contributed by atoms with Gasteiger partial charge in [0.05, 0.1) is 0 Å². The fourth-order valence-electron chi connectivity index (χ4n) is 3.31. The molecule has 0 aliphatic rings. The average molecular weight is 451 g/mol. The van der Waals surface area contributed by atoms with Gasteiger partial charge >= 0.3 is 0 Å². The van der Waals surface area contributed by atoms with Crippen LogP contribution in [0.3, 0.4) is 0 Å². The molecule has 0 fully saturated rings. The summed E-state index contributed by atoms with van der Waals surface area (Å²) in [6.07, 6.45) is 9.38. The third-order valence-electron chi connectivity index (χ3n) is 5.33. The van der Waals surface area contributed by atoms with Crippen LogP contribution in [-0.2, 0) is 0 Å². The molecule has 0 aromatic heterocycles. The summed E-state index contributed by atoms with van der Waals surface area (Å²) in [6.45, 7) is 0. The van der Waals surface area contributed by atoms with Crippen LogP contribution in [0.25, 0.3) is 0 Å². The highest BCUT2D eigenvalue weighted by Gasteiger charge is 2.17. The van der Waals surface area contributed by atoms with Crippen molar-refractivity contribution in [3.63, 3.8) is 0 Å². The van der Waals surface area contributed by atoms with Crippen LogP contribution < -0.4 is 0 Å². The molecule has 0 aliphatic carbocycles. The smallest absolute Gasteiger partial charge is 0.00641 e. The van der Waals surface area contributed by atoms with Crippen LogP contribution in [-0.4, -0.2) is 30.5 Å². The van der Waals surface area contributed by atoms with E-state index in [1.165, 1.54) is 19.6 Å². The molecule has 4 aromatic carbocycles. The van der Waals surface area contributed by atoms with E-state index < -0.39 is 20.1 Å². The van der Waals surface area contributed by atoms with Gasteiger partial charge in [-0.3, -0.25) is 0 Å². The van der Waals surface area contributed by atoms with Crippen molar-refractivity contribution in [1.29, 1.82) is 0 Å². The van der Waals surface area contributed by atoms with Gasteiger partial charge in [0, 0.05) is 0 Å². The minimum atomic E-state index is -0.839. The molecule has 31 heavy (non-hydrogen) atoms. The molecule has 4 rings (SSSR count). The van der Waals surface area contributed by atoms with Gasteiger partial charge in [-0.2, -0.15) is 20.1 Å². The van der Waals surface area contributed by atoms with Crippen molar-refractivity contribution in [3.05, 3.63) is 121 Å². The van der Waals surface area contributed by atoms with Crippen LogP contribution in [0, 0.1) is 0 Å². The van der Waals surface area contributed by atoms with Crippen molar-refractivity contribution in [1.82, 2.24) is 0 Å². The Kier molecular flexibility index (Phi) is 9.00. The van der Waals surface area contributed by atoms with Gasteiger partial charge in [0.2, 0.25) is 0 Å². The fraction of sp³-hybridized carbons (Fsp3) is 0.143. The highest BCUT2D eigenvalue weighted by molar-refractivity contribution is 8.33. The lowest BCUT2D eigenvalue weighted by Gasteiger charge is -2.32. The Morgan fingerprint density at radius 1 is 0.323 bits per heavy atom. The Morgan fingerprint density at radius 2 is 0.484 bits per heavy atom. The van der Waals surface area contributed by atoms with Crippen molar-refractivity contribution in [2.45, 2.75) is 19.6 Å². The van der Waals surface area contributed by atoms with Gasteiger partial charge in [-0.15, -0.1) is 0 Å². The normalized spacial score (nSPS) is 12.0. The molecule has 0 radical (unpaired) electrons. The summed E-state index contributed by atoms with van der Waals surface area (Å²) in [5, 5.41) is 0. The summed E-state index contributed by atoms with van der Waals surface area (Å²) < 4.78 is 0. The molecule has 0 heterocycles. The van der Waals surface area contributed by atoms with Crippen LogP contribution in [0.2, 0.25) is 0 Å². The van der Waals surface area contributed by atoms with Gasteiger partial charge in [-0.1, -0.05) is 72.8 Å². The van der Waals surface area contributed by atoms with E-state index in [1.54, 1.807) is 0 Å². The maximum Gasteiger partial charge on any atom is -0.00641 e. The minimum absolute atomic E-state index is 0. The van der Waals surface area contributed by atoms with Gasteiger partial charge in [0.1, 0.15) is 0 Å². The average Bonchev–Trinajstić information content (AvgIpc) is 2.82. The monoisotopic (exact) mass is 450 g/mol. The molecule has 1 nitrogen and oxygen atoms in total. The Morgan fingerprint density at radius 3 is 0.645 bits per heavy atom. The molecule has 0 saturated heterocycles. The molecule has 0 spiro atoms. The van der Waals surface area contributed by atoms with Crippen molar-refractivity contribution in [3.8, 4) is 0 Å². The van der Waals surface area contributed by atoms with E-state index in [9.17, 15) is 0 Å². The number of hydrogen-bond acceptors (Lipinski definition) is 0. The predicted molar refractivity (Wildman–Crippen MR) is 141 cm³/mol. The number of benzene rings is 4. The van der Waals surface area contributed by atoms with Crippen molar-refractivity contribution >= 4 is 20.1 Å². The zero-order chi connectivity index (χ0) is 21.5. The third kappa shape index (κ3) is 6.27. The van der Waals surface area contributed by atoms with E-state index >= 15 is 0 Å². The van der Waals surface area contributed by atoms with Gasteiger partial charge in [0.15, 0.2) is 0 Å². The molecule has 0 aliphatic heterocycles. The lowest BCUT2D eigenvalue weighted by atomic mass is 10.4. The van der Waals surface area contributed by atoms with Crippen LogP contribution in [0.5, 0.6) is 0 Å². The fourth-order valence-corrected chi connectivity index (χ4v) is 7.21. The van der Waals surface area contributed by atoms with Gasteiger partial charge < -0.3 is 5.48 Å². The van der Waals surface area contributed by atoms with Crippen molar-refractivity contribution < 1.29 is 5.48 Å². The second-order valence-corrected chi connectivity index (χ2v) is 15.1. The number of rotatable bonds is 4. The zero-order valence-electron chi connectivity index (χ0n) is 18.9. The van der Waals surface area contributed by atoms with Gasteiger partial charge in [-0.25, -0.2) is 0 Å². The van der Waals surface area contributed by atoms with Crippen molar-refractivity contribution in [2.24, 2.45) is 0 Å². The van der Waals surface area contributed by atoms with E-state index in [1.807, 2.05) is 0 Å². The molecular weight excluding hydrogens is 416 g/mol. The van der Waals surface area contributed by atoms with E-state index in [4.69, 9.17) is 0 Å². The summed E-state index contributed by atoms with van der Waals surface area (Å²) in [7, 11) is -1.68. The standard InChI is InChI=1S/2C14H16S.H2O/c2*1-15(2,13-9-5-3-6-10-13)14-11-7-4-8-12-14;/h2*3-12H,1-2H3;1H2. The molecule has 2 N–H and O–H groups in total. The maximum atomic E-state index is 2.34. The molecular formula is C28H34OS2. The zero-order valence-corrected chi connectivity index (χ0v) is 20.5. The largest absolute Gasteiger partial charge is 0.412 e. The first kappa shape index (κ1) is 24.8. The molecule has 3 heteroatoms. The maximum absolute atomic E-state index is 2.34. The second-order valence-electron chi connectivity index (χ2n) is 7.91. The summed E-state index contributed by atoms with van der Waals surface area (Å²) >= 11 is 0. The van der Waals surface area contributed by atoms with Crippen LogP contribution >= 0.6 is 20.1 Å². The lowest BCUT2D eigenvalue weighted by molar-refractivity contribution is 0.824. The minimum Gasteiger partial charge on any atom is -0.412 e. The van der Waals surface area contributed by atoms with Crippen LogP contribution in [0.4, 0.5) is 0 Å². The van der Waals surface area contributed by atoms with E-state index in [0.29, 0.717) is 0 Å². The number of hydrogen-bond donors (Lipinski definition) is 0. The third-order valence-corrected chi connectivity index (χ3v) is 11.1.